The minimum Gasteiger partial charge on any atom is -0.456 e. The Morgan fingerprint density at radius 2 is 0.886 bits per heavy atom. The van der Waals surface area contributed by atoms with E-state index >= 15 is 0 Å². The molecule has 0 amide bonds. The number of aromatic nitrogens is 3. The van der Waals surface area contributed by atoms with Gasteiger partial charge < -0.3 is 4.42 Å². The van der Waals surface area contributed by atoms with Crippen LogP contribution >= 0.6 is 11.6 Å². The van der Waals surface area contributed by atoms with E-state index in [1.165, 1.54) is 22.3 Å². The Balaban J connectivity index is 1.23. The highest BCUT2D eigenvalue weighted by molar-refractivity contribution is 6.28. The minimum absolute atomic E-state index is 0.149. The van der Waals surface area contributed by atoms with Crippen LogP contribution in [0.4, 0.5) is 0 Å². The molecule has 5 heteroatoms. The third-order valence-corrected chi connectivity index (χ3v) is 8.02. The molecule has 208 valence electrons. The lowest BCUT2D eigenvalue weighted by atomic mass is 9.93. The molecule has 0 aliphatic rings. The van der Waals surface area contributed by atoms with E-state index < -0.39 is 0 Å². The van der Waals surface area contributed by atoms with Crippen LogP contribution in [0.3, 0.4) is 0 Å². The van der Waals surface area contributed by atoms with Crippen molar-refractivity contribution in [3.05, 3.63) is 151 Å². The van der Waals surface area contributed by atoms with Crippen molar-refractivity contribution in [3.63, 3.8) is 0 Å². The number of nitrogens with zero attached hydrogens (tertiary/aromatic N) is 3. The Morgan fingerprint density at radius 3 is 1.50 bits per heavy atom. The van der Waals surface area contributed by atoms with Crippen molar-refractivity contribution in [2.24, 2.45) is 0 Å². The van der Waals surface area contributed by atoms with Gasteiger partial charge in [-0.15, -0.1) is 0 Å². The molecule has 0 unspecified atom stereocenters. The van der Waals surface area contributed by atoms with Gasteiger partial charge in [0.2, 0.25) is 5.28 Å². The summed E-state index contributed by atoms with van der Waals surface area (Å²) < 4.78 is 6.33. The highest BCUT2D eigenvalue weighted by Gasteiger charge is 2.14. The molecular weight excluding hydrogens is 562 g/mol. The summed E-state index contributed by atoms with van der Waals surface area (Å²) in [5, 5.41) is 2.22. The first-order valence-corrected chi connectivity index (χ1v) is 14.8. The molecule has 8 aromatic rings. The predicted molar refractivity (Wildman–Crippen MR) is 179 cm³/mol. The summed E-state index contributed by atoms with van der Waals surface area (Å²) in [4.78, 5) is 13.5. The van der Waals surface area contributed by atoms with Crippen LogP contribution < -0.4 is 0 Å². The lowest BCUT2D eigenvalue weighted by molar-refractivity contribution is 0.669. The zero-order valence-electron chi connectivity index (χ0n) is 23.5. The van der Waals surface area contributed by atoms with Gasteiger partial charge in [0.25, 0.3) is 0 Å². The van der Waals surface area contributed by atoms with Crippen LogP contribution in [-0.4, -0.2) is 15.0 Å². The molecule has 0 aliphatic heterocycles. The van der Waals surface area contributed by atoms with Gasteiger partial charge in [-0.1, -0.05) is 103 Å². The molecule has 2 aromatic heterocycles. The number of hydrogen-bond acceptors (Lipinski definition) is 4. The molecule has 0 fully saturated rings. The second-order valence-electron chi connectivity index (χ2n) is 10.7. The van der Waals surface area contributed by atoms with Gasteiger partial charge in [-0.2, -0.15) is 9.97 Å². The van der Waals surface area contributed by atoms with E-state index in [2.05, 4.69) is 101 Å². The Labute approximate surface area is 259 Å². The number of halogens is 1. The third-order valence-electron chi connectivity index (χ3n) is 7.85. The van der Waals surface area contributed by atoms with E-state index in [1.54, 1.807) is 0 Å². The maximum absolute atomic E-state index is 6.33. The molecule has 0 bridgehead atoms. The normalized spacial score (nSPS) is 11.3. The summed E-state index contributed by atoms with van der Waals surface area (Å²) in [5.74, 6) is 1.03. The lowest BCUT2D eigenvalue weighted by Crippen LogP contribution is -1.97. The summed E-state index contributed by atoms with van der Waals surface area (Å²) in [7, 11) is 0. The molecule has 6 aromatic carbocycles. The summed E-state index contributed by atoms with van der Waals surface area (Å²) in [5.41, 5.74) is 10.2. The number of hydrogen-bond donors (Lipinski definition) is 0. The van der Waals surface area contributed by atoms with Gasteiger partial charge in [0.1, 0.15) is 11.2 Å². The molecule has 0 atom stereocenters. The molecule has 0 saturated heterocycles. The quantitative estimate of drug-likeness (QED) is 0.201. The minimum atomic E-state index is 0.149. The van der Waals surface area contributed by atoms with Crippen LogP contribution in [0.1, 0.15) is 0 Å². The summed E-state index contributed by atoms with van der Waals surface area (Å²) in [6.45, 7) is 0. The van der Waals surface area contributed by atoms with Crippen LogP contribution in [0.2, 0.25) is 5.28 Å². The van der Waals surface area contributed by atoms with Crippen molar-refractivity contribution in [2.75, 3.05) is 0 Å². The number of fused-ring (bicyclic) bond motifs is 3. The molecule has 0 saturated carbocycles. The van der Waals surface area contributed by atoms with Crippen molar-refractivity contribution < 1.29 is 4.42 Å². The van der Waals surface area contributed by atoms with Gasteiger partial charge in [0.05, 0.1) is 0 Å². The first kappa shape index (κ1) is 26.1. The molecule has 0 N–H and O–H groups in total. The Morgan fingerprint density at radius 1 is 0.364 bits per heavy atom. The summed E-state index contributed by atoms with van der Waals surface area (Å²) >= 11 is 6.32. The molecule has 2 heterocycles. The van der Waals surface area contributed by atoms with Crippen molar-refractivity contribution in [1.29, 1.82) is 0 Å². The zero-order chi connectivity index (χ0) is 29.5. The average molecular weight is 586 g/mol. The van der Waals surface area contributed by atoms with Crippen molar-refractivity contribution in [1.82, 2.24) is 15.0 Å². The largest absolute Gasteiger partial charge is 0.456 e. The standard InChI is InChI=1S/C39H24ClN3O/c40-39-42-37(27-14-8-3-9-15-27)41-38(43-39)29-16-18-33-34-23-28(17-19-35(34)44-36(33)24-29)32-21-30(25-10-4-1-5-11-25)20-31(22-32)26-12-6-2-7-13-26/h1-24H. The average Bonchev–Trinajstić information content (AvgIpc) is 3.46. The van der Waals surface area contributed by atoms with Crippen molar-refractivity contribution in [3.8, 4) is 56.2 Å². The van der Waals surface area contributed by atoms with Gasteiger partial charge in [0.15, 0.2) is 11.6 Å². The second-order valence-corrected chi connectivity index (χ2v) is 11.0. The van der Waals surface area contributed by atoms with Gasteiger partial charge >= 0.3 is 0 Å². The zero-order valence-corrected chi connectivity index (χ0v) is 24.2. The first-order chi connectivity index (χ1) is 21.7. The van der Waals surface area contributed by atoms with E-state index in [9.17, 15) is 0 Å². The third kappa shape index (κ3) is 4.91. The second kappa shape index (κ2) is 10.9. The topological polar surface area (TPSA) is 51.8 Å². The summed E-state index contributed by atoms with van der Waals surface area (Å²) in [6.07, 6.45) is 0. The molecule has 0 aliphatic carbocycles. The van der Waals surface area contributed by atoms with Crippen molar-refractivity contribution >= 4 is 33.5 Å². The molecule has 0 radical (unpaired) electrons. The van der Waals surface area contributed by atoms with Gasteiger partial charge in [-0.3, -0.25) is 0 Å². The fraction of sp³-hybridized carbons (Fsp3) is 0. The number of furan rings is 1. The first-order valence-electron chi connectivity index (χ1n) is 14.4. The van der Waals surface area contributed by atoms with Crippen LogP contribution in [0.25, 0.3) is 78.1 Å². The SMILES string of the molecule is Clc1nc(-c2ccccc2)nc(-c2ccc3c(c2)oc2ccc(-c4cc(-c5ccccc5)cc(-c5ccccc5)c4)cc23)n1. The maximum atomic E-state index is 6.33. The van der Waals surface area contributed by atoms with E-state index in [4.69, 9.17) is 21.0 Å². The van der Waals surface area contributed by atoms with E-state index in [1.807, 2.05) is 54.6 Å². The Kier molecular flexibility index (Phi) is 6.47. The number of benzene rings is 6. The Hall–Kier alpha value is -5.58. The fourth-order valence-corrected chi connectivity index (χ4v) is 5.84. The van der Waals surface area contributed by atoms with E-state index in [0.29, 0.717) is 11.6 Å². The maximum Gasteiger partial charge on any atom is 0.226 e. The van der Waals surface area contributed by atoms with Crippen LogP contribution in [0.5, 0.6) is 0 Å². The molecular formula is C39H24ClN3O. The Bertz CT molecular complexity index is 2220. The molecule has 4 nitrogen and oxygen atoms in total. The molecule has 0 spiro atoms. The lowest BCUT2D eigenvalue weighted by Gasteiger charge is -2.11. The predicted octanol–water partition coefficient (Wildman–Crippen LogP) is 10.8. The van der Waals surface area contributed by atoms with Crippen LogP contribution in [0, 0.1) is 0 Å². The fourth-order valence-electron chi connectivity index (χ4n) is 5.68. The highest BCUT2D eigenvalue weighted by atomic mass is 35.5. The van der Waals surface area contributed by atoms with Crippen LogP contribution in [-0.2, 0) is 0 Å². The van der Waals surface area contributed by atoms with E-state index in [0.717, 1.165) is 44.2 Å². The van der Waals surface area contributed by atoms with Gasteiger partial charge in [-0.05, 0) is 87.4 Å². The van der Waals surface area contributed by atoms with Crippen LogP contribution in [0.15, 0.2) is 150 Å². The number of rotatable bonds is 5. The van der Waals surface area contributed by atoms with Gasteiger partial charge in [0, 0.05) is 21.9 Å². The van der Waals surface area contributed by atoms with Crippen molar-refractivity contribution in [2.45, 2.75) is 0 Å². The monoisotopic (exact) mass is 585 g/mol. The van der Waals surface area contributed by atoms with Gasteiger partial charge in [-0.25, -0.2) is 4.98 Å². The molecule has 44 heavy (non-hydrogen) atoms. The highest BCUT2D eigenvalue weighted by Crippen LogP contribution is 2.37. The molecule has 8 rings (SSSR count). The smallest absolute Gasteiger partial charge is 0.226 e. The van der Waals surface area contributed by atoms with E-state index in [-0.39, 0.29) is 5.28 Å². The summed E-state index contributed by atoms with van der Waals surface area (Å²) in [6, 6.07) is 50.0.